The number of nitrogens with zero attached hydrogens (tertiary/aromatic N) is 4. The zero-order valence-corrected chi connectivity index (χ0v) is 13.5. The molecule has 0 amide bonds. The number of aromatic nitrogens is 4. The topological polar surface area (TPSA) is 105 Å². The molecule has 24 heavy (non-hydrogen) atoms. The third kappa shape index (κ3) is 2.87. The lowest BCUT2D eigenvalue weighted by Gasteiger charge is -2.09. The van der Waals surface area contributed by atoms with E-state index >= 15 is 0 Å². The molecule has 0 unspecified atom stereocenters. The Hall–Kier alpha value is -3.10. The van der Waals surface area contributed by atoms with E-state index in [1.165, 1.54) is 11.7 Å². The van der Waals surface area contributed by atoms with Crippen molar-refractivity contribution in [1.29, 1.82) is 0 Å². The molecule has 0 saturated heterocycles. The van der Waals surface area contributed by atoms with E-state index in [0.29, 0.717) is 41.1 Å². The summed E-state index contributed by atoms with van der Waals surface area (Å²) < 4.78 is 22.0. The minimum Gasteiger partial charge on any atom is -0.493 e. The van der Waals surface area contributed by atoms with E-state index in [0.717, 1.165) is 0 Å². The first kappa shape index (κ1) is 15.8. The van der Waals surface area contributed by atoms with Crippen LogP contribution in [0.4, 0.5) is 0 Å². The summed E-state index contributed by atoms with van der Waals surface area (Å²) in [5.41, 5.74) is 0.633. The molecule has 0 radical (unpaired) electrons. The van der Waals surface area contributed by atoms with E-state index in [1.54, 1.807) is 25.3 Å². The van der Waals surface area contributed by atoms with Crippen molar-refractivity contribution in [3.8, 4) is 22.9 Å². The lowest BCUT2D eigenvalue weighted by molar-refractivity contribution is 0.355. The van der Waals surface area contributed by atoms with E-state index in [4.69, 9.17) is 18.4 Å². The van der Waals surface area contributed by atoms with Crippen molar-refractivity contribution in [2.75, 3.05) is 14.2 Å². The Balaban J connectivity index is 1.99. The Morgan fingerprint density at radius 3 is 2.54 bits per heavy atom. The van der Waals surface area contributed by atoms with E-state index in [2.05, 4.69) is 15.4 Å². The minimum atomic E-state index is -0.615. The summed E-state index contributed by atoms with van der Waals surface area (Å²) in [4.78, 5) is 12.0. The number of methoxy groups -OCH3 is 2. The standard InChI is InChI=1S/C15H16N4O5/c1-4-12-16-17-13(23-12)8-19-14(18-24-15(19)20)9-5-6-10(21-2)11(7-9)22-3/h5-7H,4,8H2,1-3H3. The van der Waals surface area contributed by atoms with Gasteiger partial charge in [0.15, 0.2) is 17.3 Å². The van der Waals surface area contributed by atoms with Gasteiger partial charge in [-0.25, -0.2) is 9.36 Å². The minimum absolute atomic E-state index is 0.0685. The maximum atomic E-state index is 12.0. The van der Waals surface area contributed by atoms with Crippen LogP contribution in [0.2, 0.25) is 0 Å². The molecule has 0 bridgehead atoms. The van der Waals surface area contributed by atoms with Gasteiger partial charge < -0.3 is 13.9 Å². The molecule has 1 aromatic carbocycles. The molecular formula is C15H16N4O5. The maximum Gasteiger partial charge on any atom is 0.442 e. The van der Waals surface area contributed by atoms with Gasteiger partial charge >= 0.3 is 5.76 Å². The van der Waals surface area contributed by atoms with Gasteiger partial charge in [0.1, 0.15) is 6.54 Å². The van der Waals surface area contributed by atoms with Crippen LogP contribution in [-0.4, -0.2) is 34.1 Å². The number of aryl methyl sites for hydroxylation is 1. The fraction of sp³-hybridized carbons (Fsp3) is 0.333. The Kier molecular flexibility index (Phi) is 4.32. The number of ether oxygens (including phenoxy) is 2. The van der Waals surface area contributed by atoms with E-state index in [1.807, 2.05) is 6.92 Å². The normalized spacial score (nSPS) is 10.8. The van der Waals surface area contributed by atoms with Crippen LogP contribution in [-0.2, 0) is 13.0 Å². The van der Waals surface area contributed by atoms with Crippen molar-refractivity contribution in [1.82, 2.24) is 19.9 Å². The van der Waals surface area contributed by atoms with E-state index in [9.17, 15) is 4.79 Å². The fourth-order valence-corrected chi connectivity index (χ4v) is 2.22. The number of hydrogen-bond acceptors (Lipinski definition) is 8. The molecule has 0 atom stereocenters. The van der Waals surface area contributed by atoms with Crippen molar-refractivity contribution in [3.05, 3.63) is 40.5 Å². The molecule has 9 nitrogen and oxygen atoms in total. The lowest BCUT2D eigenvalue weighted by atomic mass is 10.2. The first-order valence-electron chi connectivity index (χ1n) is 7.26. The molecule has 9 heteroatoms. The van der Waals surface area contributed by atoms with Crippen LogP contribution >= 0.6 is 0 Å². The van der Waals surface area contributed by atoms with Crippen LogP contribution in [0, 0.1) is 0 Å². The molecule has 0 aliphatic heterocycles. The summed E-state index contributed by atoms with van der Waals surface area (Å²) in [5, 5.41) is 11.6. The first-order chi connectivity index (χ1) is 11.7. The highest BCUT2D eigenvalue weighted by molar-refractivity contribution is 5.61. The third-order valence-electron chi connectivity index (χ3n) is 3.43. The third-order valence-corrected chi connectivity index (χ3v) is 3.43. The van der Waals surface area contributed by atoms with Crippen LogP contribution < -0.4 is 15.2 Å². The molecule has 0 fully saturated rings. The Morgan fingerprint density at radius 1 is 1.12 bits per heavy atom. The quantitative estimate of drug-likeness (QED) is 0.669. The van der Waals surface area contributed by atoms with E-state index < -0.39 is 5.76 Å². The molecule has 0 aliphatic rings. The molecule has 3 aromatic rings. The molecule has 0 spiro atoms. The van der Waals surface area contributed by atoms with Crippen molar-refractivity contribution >= 4 is 0 Å². The summed E-state index contributed by atoms with van der Waals surface area (Å²) >= 11 is 0. The SMILES string of the molecule is CCc1nnc(Cn2c(-c3ccc(OC)c(OC)c3)noc2=O)o1. The predicted molar refractivity (Wildman–Crippen MR) is 82.1 cm³/mol. The Bertz CT molecular complexity index is 895. The molecule has 0 N–H and O–H groups in total. The number of rotatable bonds is 6. The summed E-state index contributed by atoms with van der Waals surface area (Å²) in [5.74, 6) is 1.61. The van der Waals surface area contributed by atoms with Crippen LogP contribution in [0.15, 0.2) is 31.9 Å². The van der Waals surface area contributed by atoms with Gasteiger partial charge in [-0.1, -0.05) is 12.1 Å². The first-order valence-corrected chi connectivity index (χ1v) is 7.26. The van der Waals surface area contributed by atoms with Gasteiger partial charge in [-0.05, 0) is 18.2 Å². The van der Waals surface area contributed by atoms with Crippen LogP contribution in [0.5, 0.6) is 11.5 Å². The second-order valence-electron chi connectivity index (χ2n) is 4.87. The van der Waals surface area contributed by atoms with Gasteiger partial charge in [0.25, 0.3) is 0 Å². The highest BCUT2D eigenvalue weighted by atomic mass is 16.5. The maximum absolute atomic E-state index is 12.0. The summed E-state index contributed by atoms with van der Waals surface area (Å²) in [7, 11) is 3.08. The smallest absolute Gasteiger partial charge is 0.442 e. The van der Waals surface area contributed by atoms with E-state index in [-0.39, 0.29) is 6.54 Å². The molecule has 2 heterocycles. The molecule has 0 saturated carbocycles. The van der Waals surface area contributed by atoms with Gasteiger partial charge in [0, 0.05) is 12.0 Å². The van der Waals surface area contributed by atoms with Crippen LogP contribution in [0.1, 0.15) is 18.7 Å². The largest absolute Gasteiger partial charge is 0.493 e. The lowest BCUT2D eigenvalue weighted by Crippen LogP contribution is -2.16. The van der Waals surface area contributed by atoms with Gasteiger partial charge in [0.2, 0.25) is 11.8 Å². The summed E-state index contributed by atoms with van der Waals surface area (Å²) in [6, 6.07) is 5.18. The average Bonchev–Trinajstić information content (AvgIpc) is 3.22. The fourth-order valence-electron chi connectivity index (χ4n) is 2.22. The van der Waals surface area contributed by atoms with Gasteiger partial charge in [-0.2, -0.15) is 0 Å². The van der Waals surface area contributed by atoms with Crippen LogP contribution in [0.3, 0.4) is 0 Å². The monoisotopic (exact) mass is 332 g/mol. The summed E-state index contributed by atoms with van der Waals surface area (Å²) in [6.07, 6.45) is 0.619. The summed E-state index contributed by atoms with van der Waals surface area (Å²) in [6.45, 7) is 1.97. The van der Waals surface area contributed by atoms with Gasteiger partial charge in [0.05, 0.1) is 14.2 Å². The molecule has 3 rings (SSSR count). The zero-order valence-electron chi connectivity index (χ0n) is 13.5. The molecular weight excluding hydrogens is 316 g/mol. The second kappa shape index (κ2) is 6.57. The Morgan fingerprint density at radius 2 is 1.88 bits per heavy atom. The zero-order chi connectivity index (χ0) is 17.1. The number of hydrogen-bond donors (Lipinski definition) is 0. The molecule has 126 valence electrons. The highest BCUT2D eigenvalue weighted by Gasteiger charge is 2.17. The Labute approximate surface area is 136 Å². The van der Waals surface area contributed by atoms with Crippen molar-refractivity contribution in [2.45, 2.75) is 19.9 Å². The highest BCUT2D eigenvalue weighted by Crippen LogP contribution is 2.31. The molecule has 2 aromatic heterocycles. The van der Waals surface area contributed by atoms with Crippen LogP contribution in [0.25, 0.3) is 11.4 Å². The van der Waals surface area contributed by atoms with Crippen molar-refractivity contribution < 1.29 is 18.4 Å². The van der Waals surface area contributed by atoms with Gasteiger partial charge in [-0.3, -0.25) is 4.52 Å². The second-order valence-corrected chi connectivity index (χ2v) is 4.87. The predicted octanol–water partition coefficient (Wildman–Crippen LogP) is 1.51. The van der Waals surface area contributed by atoms with Crippen molar-refractivity contribution in [2.24, 2.45) is 0 Å². The average molecular weight is 332 g/mol. The van der Waals surface area contributed by atoms with Gasteiger partial charge in [-0.15, -0.1) is 10.2 Å². The number of benzene rings is 1. The molecule has 0 aliphatic carbocycles. The van der Waals surface area contributed by atoms with Crippen molar-refractivity contribution in [3.63, 3.8) is 0 Å².